The Morgan fingerprint density at radius 1 is 0.947 bits per heavy atom. The Kier molecular flexibility index (Phi) is 3.64. The van der Waals surface area contributed by atoms with Gasteiger partial charge in [0, 0.05) is 6.42 Å². The van der Waals surface area contributed by atoms with E-state index in [1.807, 2.05) is 0 Å². The van der Waals surface area contributed by atoms with Crippen LogP contribution in [0.5, 0.6) is 11.5 Å². The molecule has 0 aliphatic rings. The molecule has 0 aliphatic carbocycles. The normalized spacial score (nSPS) is 11.3. The lowest BCUT2D eigenvalue weighted by molar-refractivity contribution is -0.274. The minimum atomic E-state index is -4.68. The Morgan fingerprint density at radius 2 is 1.58 bits per heavy atom. The topological polar surface area (TPSA) is 29.5 Å². The van der Waals surface area contributed by atoms with Gasteiger partial charge in [0.05, 0.1) is 0 Å². The molecule has 0 fully saturated rings. The third-order valence-corrected chi connectivity index (χ3v) is 2.54. The number of alkyl halides is 3. The fraction of sp³-hybridized carbons (Fsp3) is 0.143. The van der Waals surface area contributed by atoms with E-state index in [-0.39, 0.29) is 11.5 Å². The van der Waals surface area contributed by atoms with E-state index in [2.05, 4.69) is 4.74 Å². The molecular weight excluding hydrogens is 257 g/mol. The Balaban J connectivity index is 2.09. The van der Waals surface area contributed by atoms with Gasteiger partial charge in [0.15, 0.2) is 0 Å². The first-order valence-corrected chi connectivity index (χ1v) is 5.55. The molecule has 0 aliphatic heterocycles. The van der Waals surface area contributed by atoms with Crippen molar-refractivity contribution in [2.75, 3.05) is 0 Å². The molecule has 0 bridgehead atoms. The zero-order valence-corrected chi connectivity index (χ0v) is 9.82. The summed E-state index contributed by atoms with van der Waals surface area (Å²) in [7, 11) is 0. The molecule has 19 heavy (non-hydrogen) atoms. The summed E-state index contributed by atoms with van der Waals surface area (Å²) in [5.74, 6) is -0.0911. The summed E-state index contributed by atoms with van der Waals surface area (Å²) in [6.07, 6.45) is -4.24. The molecule has 0 atom stereocenters. The Morgan fingerprint density at radius 3 is 2.16 bits per heavy atom. The maximum Gasteiger partial charge on any atom is 0.573 e. The lowest BCUT2D eigenvalue weighted by Crippen LogP contribution is -2.17. The first-order valence-electron chi connectivity index (χ1n) is 5.55. The fourth-order valence-corrected chi connectivity index (χ4v) is 1.69. The summed E-state index contributed by atoms with van der Waals surface area (Å²) < 4.78 is 39.7. The summed E-state index contributed by atoms with van der Waals surface area (Å²) in [4.78, 5) is 0. The summed E-state index contributed by atoms with van der Waals surface area (Å²) in [6.45, 7) is 0. The molecule has 0 heterocycles. The van der Waals surface area contributed by atoms with Gasteiger partial charge >= 0.3 is 6.36 Å². The van der Waals surface area contributed by atoms with Crippen molar-refractivity contribution in [3.63, 3.8) is 0 Å². The van der Waals surface area contributed by atoms with Crippen molar-refractivity contribution in [2.45, 2.75) is 12.8 Å². The second-order valence-electron chi connectivity index (χ2n) is 4.00. The molecule has 1 N–H and O–H groups in total. The van der Waals surface area contributed by atoms with Crippen molar-refractivity contribution >= 4 is 0 Å². The predicted octanol–water partition coefficient (Wildman–Crippen LogP) is 3.88. The Labute approximate surface area is 108 Å². The Hall–Kier alpha value is -2.17. The molecule has 0 spiro atoms. The average molecular weight is 268 g/mol. The minimum absolute atomic E-state index is 0.165. The number of aromatic hydroxyl groups is 1. The summed E-state index contributed by atoms with van der Waals surface area (Å²) in [5, 5.41) is 9.61. The number of benzene rings is 2. The fourth-order valence-electron chi connectivity index (χ4n) is 1.69. The number of hydrogen-bond donors (Lipinski definition) is 1. The smallest absolute Gasteiger partial charge is 0.508 e. The molecule has 0 aromatic heterocycles. The molecule has 0 amide bonds. The molecule has 2 aromatic carbocycles. The standard InChI is InChI=1S/C14H11F3O2/c15-14(16,17)19-12-7-5-10(6-8-12)9-11-3-1-2-4-13(11)18/h1-8,18H,9H2. The number of rotatable bonds is 3. The molecule has 5 heteroatoms. The van der Waals surface area contributed by atoms with Gasteiger partial charge in [-0.3, -0.25) is 0 Å². The van der Waals surface area contributed by atoms with Crippen molar-refractivity contribution in [2.24, 2.45) is 0 Å². The lowest BCUT2D eigenvalue weighted by Gasteiger charge is -2.09. The number of phenolic OH excluding ortho intramolecular Hbond substituents is 1. The molecular formula is C14H11F3O2. The monoisotopic (exact) mass is 268 g/mol. The van der Waals surface area contributed by atoms with Crippen LogP contribution in [0.3, 0.4) is 0 Å². The van der Waals surface area contributed by atoms with Crippen LogP contribution in [-0.2, 0) is 6.42 Å². The van der Waals surface area contributed by atoms with Crippen LogP contribution >= 0.6 is 0 Å². The van der Waals surface area contributed by atoms with Crippen molar-refractivity contribution in [3.8, 4) is 11.5 Å². The van der Waals surface area contributed by atoms with Gasteiger partial charge in [-0.05, 0) is 29.3 Å². The second kappa shape index (κ2) is 5.22. The molecule has 0 saturated carbocycles. The van der Waals surface area contributed by atoms with Gasteiger partial charge < -0.3 is 9.84 Å². The highest BCUT2D eigenvalue weighted by Gasteiger charge is 2.30. The molecule has 2 rings (SSSR count). The first-order chi connectivity index (χ1) is 8.94. The molecule has 0 saturated heterocycles. The van der Waals surface area contributed by atoms with E-state index >= 15 is 0 Å². The van der Waals surface area contributed by atoms with Crippen LogP contribution in [0, 0.1) is 0 Å². The number of ether oxygens (including phenoxy) is 1. The molecule has 100 valence electrons. The van der Waals surface area contributed by atoms with E-state index in [4.69, 9.17) is 0 Å². The summed E-state index contributed by atoms with van der Waals surface area (Å²) >= 11 is 0. The van der Waals surface area contributed by atoms with E-state index in [0.717, 1.165) is 5.56 Å². The van der Waals surface area contributed by atoms with E-state index in [0.29, 0.717) is 12.0 Å². The van der Waals surface area contributed by atoms with E-state index < -0.39 is 6.36 Å². The third kappa shape index (κ3) is 3.91. The van der Waals surface area contributed by atoms with E-state index in [1.165, 1.54) is 24.3 Å². The predicted molar refractivity (Wildman–Crippen MR) is 64.0 cm³/mol. The third-order valence-electron chi connectivity index (χ3n) is 2.54. The Bertz CT molecular complexity index is 547. The van der Waals surface area contributed by atoms with Crippen LogP contribution in [0.2, 0.25) is 0 Å². The number of hydrogen-bond acceptors (Lipinski definition) is 2. The van der Waals surface area contributed by atoms with Crippen LogP contribution in [0.25, 0.3) is 0 Å². The minimum Gasteiger partial charge on any atom is -0.508 e. The van der Waals surface area contributed by atoms with Gasteiger partial charge in [0.1, 0.15) is 11.5 Å². The van der Waals surface area contributed by atoms with Crippen LogP contribution in [0.1, 0.15) is 11.1 Å². The number of para-hydroxylation sites is 1. The van der Waals surface area contributed by atoms with Gasteiger partial charge in [-0.15, -0.1) is 13.2 Å². The highest BCUT2D eigenvalue weighted by atomic mass is 19.4. The maximum atomic E-state index is 12.0. The molecule has 0 radical (unpaired) electrons. The molecule has 2 nitrogen and oxygen atoms in total. The number of phenols is 1. The van der Waals surface area contributed by atoms with Crippen LogP contribution in [0.15, 0.2) is 48.5 Å². The SMILES string of the molecule is Oc1ccccc1Cc1ccc(OC(F)(F)F)cc1. The van der Waals surface area contributed by atoms with Gasteiger partial charge in [-0.25, -0.2) is 0 Å². The molecule has 0 unspecified atom stereocenters. The zero-order chi connectivity index (χ0) is 13.9. The van der Waals surface area contributed by atoms with Gasteiger partial charge in [-0.1, -0.05) is 30.3 Å². The van der Waals surface area contributed by atoms with Crippen molar-refractivity contribution in [1.29, 1.82) is 0 Å². The second-order valence-corrected chi connectivity index (χ2v) is 4.00. The maximum absolute atomic E-state index is 12.0. The zero-order valence-electron chi connectivity index (χ0n) is 9.82. The van der Waals surface area contributed by atoms with Crippen molar-refractivity contribution in [3.05, 3.63) is 59.7 Å². The van der Waals surface area contributed by atoms with Gasteiger partial charge in [0.2, 0.25) is 0 Å². The number of halogens is 3. The first kappa shape index (κ1) is 13.3. The van der Waals surface area contributed by atoms with Crippen molar-refractivity contribution < 1.29 is 23.0 Å². The highest BCUT2D eigenvalue weighted by Crippen LogP contribution is 2.24. The van der Waals surface area contributed by atoms with Crippen molar-refractivity contribution in [1.82, 2.24) is 0 Å². The van der Waals surface area contributed by atoms with E-state index in [9.17, 15) is 18.3 Å². The lowest BCUT2D eigenvalue weighted by atomic mass is 10.0. The average Bonchev–Trinajstić information content (AvgIpc) is 2.33. The highest BCUT2D eigenvalue weighted by molar-refractivity contribution is 5.37. The van der Waals surface area contributed by atoms with E-state index in [1.54, 1.807) is 24.3 Å². The van der Waals surface area contributed by atoms with Crippen LogP contribution in [-0.4, -0.2) is 11.5 Å². The van der Waals surface area contributed by atoms with Crippen LogP contribution < -0.4 is 4.74 Å². The molecule has 2 aromatic rings. The van der Waals surface area contributed by atoms with Gasteiger partial charge in [-0.2, -0.15) is 0 Å². The van der Waals surface area contributed by atoms with Crippen LogP contribution in [0.4, 0.5) is 13.2 Å². The quantitative estimate of drug-likeness (QED) is 0.915. The summed E-state index contributed by atoms with van der Waals surface area (Å²) in [6, 6.07) is 12.4. The van der Waals surface area contributed by atoms with Gasteiger partial charge in [0.25, 0.3) is 0 Å². The summed E-state index contributed by atoms with van der Waals surface area (Å²) in [5.41, 5.74) is 1.50. The largest absolute Gasteiger partial charge is 0.573 e.